The van der Waals surface area contributed by atoms with E-state index in [1.807, 2.05) is 12.5 Å². The van der Waals surface area contributed by atoms with Crippen LogP contribution in [0.1, 0.15) is 30.6 Å². The van der Waals surface area contributed by atoms with E-state index in [4.69, 9.17) is 5.84 Å². The van der Waals surface area contributed by atoms with Gasteiger partial charge >= 0.3 is 0 Å². The molecule has 0 spiro atoms. The average molecular weight is 300 g/mol. The summed E-state index contributed by atoms with van der Waals surface area (Å²) < 4.78 is 27.0. The van der Waals surface area contributed by atoms with E-state index in [-0.39, 0.29) is 5.56 Å². The molecule has 1 rings (SSSR count). The lowest BCUT2D eigenvalue weighted by atomic mass is 10.1. The number of carbonyl (C=O) groups excluding carboxylic acids is 1. The summed E-state index contributed by atoms with van der Waals surface area (Å²) in [4.78, 5) is 14.0. The maximum absolute atomic E-state index is 13.5. The Balaban J connectivity index is 2.61. The number of likely N-dealkylation sites (N-methyl/N-ethyl adjacent to an activating group) is 1. The van der Waals surface area contributed by atoms with Crippen molar-refractivity contribution in [2.45, 2.75) is 26.3 Å². The number of halogens is 2. The lowest BCUT2D eigenvalue weighted by Crippen LogP contribution is -2.37. The van der Waals surface area contributed by atoms with Gasteiger partial charge in [0.1, 0.15) is 5.69 Å². The van der Waals surface area contributed by atoms with Gasteiger partial charge in [-0.2, -0.15) is 0 Å². The number of hydrogen-bond donors (Lipinski definition) is 3. The SMILES string of the molecule is CCC(C)N(C)CCNC(=O)c1cc(F)c(NN)c(F)c1. The molecule has 0 bridgehead atoms. The maximum Gasteiger partial charge on any atom is 0.251 e. The van der Waals surface area contributed by atoms with Crippen LogP contribution in [0.3, 0.4) is 0 Å². The van der Waals surface area contributed by atoms with Crippen molar-refractivity contribution in [1.29, 1.82) is 0 Å². The number of nitrogens with two attached hydrogens (primary N) is 1. The molecule has 5 nitrogen and oxygen atoms in total. The van der Waals surface area contributed by atoms with Crippen LogP contribution in [-0.2, 0) is 0 Å². The molecule has 1 aromatic carbocycles. The molecule has 21 heavy (non-hydrogen) atoms. The van der Waals surface area contributed by atoms with Crippen molar-refractivity contribution < 1.29 is 13.6 Å². The third kappa shape index (κ3) is 4.64. The van der Waals surface area contributed by atoms with Crippen molar-refractivity contribution in [3.63, 3.8) is 0 Å². The smallest absolute Gasteiger partial charge is 0.251 e. The van der Waals surface area contributed by atoms with Crippen molar-refractivity contribution in [3.8, 4) is 0 Å². The predicted molar refractivity (Wildman–Crippen MR) is 78.9 cm³/mol. The molecule has 0 aromatic heterocycles. The number of amides is 1. The molecule has 0 saturated heterocycles. The Labute approximate surface area is 123 Å². The summed E-state index contributed by atoms with van der Waals surface area (Å²) in [5, 5.41) is 2.64. The van der Waals surface area contributed by atoms with Crippen LogP contribution in [0.5, 0.6) is 0 Å². The fraction of sp³-hybridized carbons (Fsp3) is 0.500. The number of hydrazine groups is 1. The molecule has 1 atom stereocenters. The first-order chi connectivity index (χ1) is 9.90. The van der Waals surface area contributed by atoms with Crippen LogP contribution < -0.4 is 16.6 Å². The zero-order chi connectivity index (χ0) is 16.0. The highest BCUT2D eigenvalue weighted by molar-refractivity contribution is 5.94. The van der Waals surface area contributed by atoms with Crippen molar-refractivity contribution >= 4 is 11.6 Å². The number of nitrogen functional groups attached to an aromatic ring is 1. The van der Waals surface area contributed by atoms with Gasteiger partial charge < -0.3 is 15.6 Å². The van der Waals surface area contributed by atoms with Gasteiger partial charge in [-0.1, -0.05) is 6.92 Å². The van der Waals surface area contributed by atoms with Crippen LogP contribution in [0.25, 0.3) is 0 Å². The third-order valence-corrected chi connectivity index (χ3v) is 3.54. The highest BCUT2D eigenvalue weighted by Gasteiger charge is 2.14. The van der Waals surface area contributed by atoms with E-state index in [1.165, 1.54) is 0 Å². The molecule has 0 heterocycles. The molecule has 0 aliphatic rings. The fourth-order valence-electron chi connectivity index (χ4n) is 1.82. The summed E-state index contributed by atoms with van der Waals surface area (Å²) in [5.41, 5.74) is 1.39. The van der Waals surface area contributed by atoms with Gasteiger partial charge in [-0.25, -0.2) is 8.78 Å². The van der Waals surface area contributed by atoms with Gasteiger partial charge in [-0.15, -0.1) is 0 Å². The Hall–Kier alpha value is -1.73. The first kappa shape index (κ1) is 17.3. The van der Waals surface area contributed by atoms with Crippen LogP contribution in [0.2, 0.25) is 0 Å². The zero-order valence-corrected chi connectivity index (χ0v) is 12.5. The summed E-state index contributed by atoms with van der Waals surface area (Å²) in [6.45, 7) is 5.23. The van der Waals surface area contributed by atoms with Gasteiger partial charge in [0.05, 0.1) is 0 Å². The van der Waals surface area contributed by atoms with Crippen molar-refractivity contribution in [1.82, 2.24) is 10.2 Å². The maximum atomic E-state index is 13.5. The minimum absolute atomic E-state index is 0.0739. The van der Waals surface area contributed by atoms with Gasteiger partial charge in [0.15, 0.2) is 11.6 Å². The second kappa shape index (κ2) is 7.90. The molecule has 1 amide bonds. The molecule has 118 valence electrons. The Morgan fingerprint density at radius 2 is 1.95 bits per heavy atom. The number of hydrogen-bond acceptors (Lipinski definition) is 4. The summed E-state index contributed by atoms with van der Waals surface area (Å²) in [5.74, 6) is 2.67. The van der Waals surface area contributed by atoms with Gasteiger partial charge in [-0.3, -0.25) is 10.6 Å². The second-order valence-corrected chi connectivity index (χ2v) is 4.95. The minimum Gasteiger partial charge on any atom is -0.351 e. The highest BCUT2D eigenvalue weighted by atomic mass is 19.1. The van der Waals surface area contributed by atoms with E-state index in [2.05, 4.69) is 24.1 Å². The lowest BCUT2D eigenvalue weighted by Gasteiger charge is -2.23. The van der Waals surface area contributed by atoms with E-state index in [1.54, 1.807) is 0 Å². The van der Waals surface area contributed by atoms with E-state index in [0.29, 0.717) is 19.1 Å². The number of benzene rings is 1. The number of nitrogens with zero attached hydrogens (tertiary/aromatic N) is 1. The third-order valence-electron chi connectivity index (χ3n) is 3.54. The van der Waals surface area contributed by atoms with Gasteiger partial charge in [-0.05, 0) is 32.5 Å². The first-order valence-corrected chi connectivity index (χ1v) is 6.84. The molecular formula is C14H22F2N4O. The highest BCUT2D eigenvalue weighted by Crippen LogP contribution is 2.19. The summed E-state index contributed by atoms with van der Waals surface area (Å²) >= 11 is 0. The van der Waals surface area contributed by atoms with Gasteiger partial charge in [0.25, 0.3) is 5.91 Å². The van der Waals surface area contributed by atoms with E-state index >= 15 is 0 Å². The monoisotopic (exact) mass is 300 g/mol. The minimum atomic E-state index is -0.903. The fourth-order valence-corrected chi connectivity index (χ4v) is 1.82. The predicted octanol–water partition coefficient (Wildman–Crippen LogP) is 1.71. The summed E-state index contributed by atoms with van der Waals surface area (Å²) in [7, 11) is 1.96. The first-order valence-electron chi connectivity index (χ1n) is 6.84. The topological polar surface area (TPSA) is 70.4 Å². The molecule has 0 fully saturated rings. The Kier molecular flexibility index (Phi) is 6.51. The van der Waals surface area contributed by atoms with Crippen LogP contribution in [0.15, 0.2) is 12.1 Å². The van der Waals surface area contributed by atoms with E-state index in [9.17, 15) is 13.6 Å². The van der Waals surface area contributed by atoms with E-state index in [0.717, 1.165) is 18.6 Å². The number of rotatable bonds is 7. The van der Waals surface area contributed by atoms with Gasteiger partial charge in [0, 0.05) is 24.7 Å². The number of nitrogens with one attached hydrogen (secondary N) is 2. The van der Waals surface area contributed by atoms with Crippen LogP contribution in [0.4, 0.5) is 14.5 Å². The average Bonchev–Trinajstić information content (AvgIpc) is 2.45. The molecule has 1 unspecified atom stereocenters. The zero-order valence-electron chi connectivity index (χ0n) is 12.5. The summed E-state index contributed by atoms with van der Waals surface area (Å²) in [6.07, 6.45) is 1.01. The molecule has 0 aliphatic carbocycles. The normalized spacial score (nSPS) is 12.3. The summed E-state index contributed by atoms with van der Waals surface area (Å²) in [6, 6.07) is 2.31. The largest absolute Gasteiger partial charge is 0.351 e. The number of anilines is 1. The molecular weight excluding hydrogens is 278 g/mol. The second-order valence-electron chi connectivity index (χ2n) is 4.95. The van der Waals surface area contributed by atoms with Crippen LogP contribution >= 0.6 is 0 Å². The quantitative estimate of drug-likeness (QED) is 0.529. The van der Waals surface area contributed by atoms with Crippen LogP contribution in [-0.4, -0.2) is 37.0 Å². The molecule has 0 aliphatic heterocycles. The number of carbonyl (C=O) groups is 1. The molecule has 1 aromatic rings. The standard InChI is InChI=1S/C14H22F2N4O/c1-4-9(2)20(3)6-5-18-14(21)10-7-11(15)13(19-17)12(16)8-10/h7-9,19H,4-6,17H2,1-3H3,(H,18,21). The van der Waals surface area contributed by atoms with E-state index < -0.39 is 23.2 Å². The van der Waals surface area contributed by atoms with Crippen molar-refractivity contribution in [3.05, 3.63) is 29.3 Å². The molecule has 0 radical (unpaired) electrons. The Bertz CT molecular complexity index is 473. The Morgan fingerprint density at radius 3 is 2.43 bits per heavy atom. The van der Waals surface area contributed by atoms with Crippen molar-refractivity contribution in [2.24, 2.45) is 5.84 Å². The molecule has 7 heteroatoms. The van der Waals surface area contributed by atoms with Gasteiger partial charge in [0.2, 0.25) is 0 Å². The Morgan fingerprint density at radius 1 is 1.38 bits per heavy atom. The lowest BCUT2D eigenvalue weighted by molar-refractivity contribution is 0.0946. The van der Waals surface area contributed by atoms with Crippen molar-refractivity contribution in [2.75, 3.05) is 25.6 Å². The van der Waals surface area contributed by atoms with Crippen LogP contribution in [0, 0.1) is 11.6 Å². The molecule has 4 N–H and O–H groups in total. The molecule has 0 saturated carbocycles.